The Morgan fingerprint density at radius 1 is 0.741 bits per heavy atom. The molecule has 0 aliphatic rings. The van der Waals surface area contributed by atoms with Gasteiger partial charge in [0.15, 0.2) is 0 Å². The second-order valence-electron chi connectivity index (χ2n) is 7.14. The van der Waals surface area contributed by atoms with Crippen LogP contribution in [0.25, 0.3) is 10.8 Å². The first-order valence-corrected chi connectivity index (χ1v) is 11.1. The zero-order valence-electron chi connectivity index (χ0n) is 16.6. The maximum atomic E-state index is 5.92. The van der Waals surface area contributed by atoms with Crippen LogP contribution < -0.4 is 10.1 Å². The lowest BCUT2D eigenvalue weighted by Gasteiger charge is -2.08. The highest BCUT2D eigenvalue weighted by Crippen LogP contribution is 2.24. The van der Waals surface area contributed by atoms with Gasteiger partial charge in [-0.2, -0.15) is 0 Å². The fourth-order valence-electron chi connectivity index (χ4n) is 3.29. The van der Waals surface area contributed by atoms with E-state index in [0.29, 0.717) is 0 Å². The summed E-state index contributed by atoms with van der Waals surface area (Å²) in [6, 6.07) is 12.7. The minimum atomic E-state index is 0. The summed E-state index contributed by atoms with van der Waals surface area (Å²) in [5, 5.41) is 5.69. The number of fused-ring (bicyclic) bond motifs is 1. The number of hydrogen-bond donors (Lipinski definition) is 1. The molecule has 0 amide bonds. The first-order valence-electron chi connectivity index (χ1n) is 10.3. The molecule has 0 fully saturated rings. The Balaban J connectivity index is 0.00000364. The van der Waals surface area contributed by atoms with Crippen LogP contribution in [0.3, 0.4) is 0 Å². The number of benzene rings is 2. The Labute approximate surface area is 180 Å². The number of nitrogens with one attached hydrogen (secondary N) is 1. The van der Waals surface area contributed by atoms with Crippen molar-refractivity contribution in [3.8, 4) is 5.75 Å². The summed E-state index contributed by atoms with van der Waals surface area (Å²) in [7, 11) is 2.03. The lowest BCUT2D eigenvalue weighted by Crippen LogP contribution is -2.06. The van der Waals surface area contributed by atoms with E-state index in [4.69, 9.17) is 4.74 Å². The van der Waals surface area contributed by atoms with Gasteiger partial charge in [0.2, 0.25) is 0 Å². The van der Waals surface area contributed by atoms with Crippen LogP contribution in [0.15, 0.2) is 40.9 Å². The Morgan fingerprint density at radius 3 is 1.96 bits per heavy atom. The van der Waals surface area contributed by atoms with Gasteiger partial charge < -0.3 is 10.1 Å². The predicted octanol–water partition coefficient (Wildman–Crippen LogP) is 7.52. The molecule has 2 rings (SSSR count). The van der Waals surface area contributed by atoms with Crippen molar-refractivity contribution in [3.05, 3.63) is 40.9 Å². The van der Waals surface area contributed by atoms with E-state index in [2.05, 4.69) is 57.6 Å². The summed E-state index contributed by atoms with van der Waals surface area (Å²) in [6.07, 6.45) is 13.5. The summed E-state index contributed by atoms with van der Waals surface area (Å²) in [5.74, 6) is 0.984. The van der Waals surface area contributed by atoms with Crippen molar-refractivity contribution < 1.29 is 4.74 Å². The Morgan fingerprint density at radius 2 is 1.30 bits per heavy atom. The number of hydrogen-bond acceptors (Lipinski definition) is 2. The second kappa shape index (κ2) is 15.2. The van der Waals surface area contributed by atoms with Crippen LogP contribution in [0, 0.1) is 0 Å². The fourth-order valence-corrected chi connectivity index (χ4v) is 3.67. The van der Waals surface area contributed by atoms with E-state index < -0.39 is 0 Å². The molecule has 0 saturated carbocycles. The van der Waals surface area contributed by atoms with Crippen molar-refractivity contribution >= 4 is 39.1 Å². The molecule has 0 radical (unpaired) electrons. The molecule has 0 aromatic heterocycles. The third kappa shape index (κ3) is 10.4. The molecule has 1 N–H and O–H groups in total. The number of ether oxygens (including phenoxy) is 1. The molecule has 2 aromatic carbocycles. The highest BCUT2D eigenvalue weighted by atomic mass is 79.9. The molecule has 0 heterocycles. The van der Waals surface area contributed by atoms with Crippen molar-refractivity contribution in [3.63, 3.8) is 0 Å². The van der Waals surface area contributed by atoms with Gasteiger partial charge in [0.25, 0.3) is 0 Å². The summed E-state index contributed by atoms with van der Waals surface area (Å²) >= 11 is 3.52. The maximum absolute atomic E-state index is 5.92. The summed E-state index contributed by atoms with van der Waals surface area (Å²) in [6.45, 7) is 1.99. The van der Waals surface area contributed by atoms with E-state index in [1.807, 2.05) is 7.05 Å². The van der Waals surface area contributed by atoms with E-state index >= 15 is 0 Å². The highest BCUT2D eigenvalue weighted by molar-refractivity contribution is 9.10. The van der Waals surface area contributed by atoms with Crippen molar-refractivity contribution in [1.29, 1.82) is 0 Å². The zero-order chi connectivity index (χ0) is 18.5. The SMILES string of the molecule is CNCCCCCCCCCCCCOc1ccc2cc(Br)ccc2c1.Cl. The third-order valence-electron chi connectivity index (χ3n) is 4.86. The first kappa shape index (κ1) is 24.3. The van der Waals surface area contributed by atoms with Gasteiger partial charge in [-0.3, -0.25) is 0 Å². The van der Waals surface area contributed by atoms with Crippen molar-refractivity contribution in [2.45, 2.75) is 64.2 Å². The van der Waals surface area contributed by atoms with Crippen molar-refractivity contribution in [2.24, 2.45) is 0 Å². The average Bonchev–Trinajstić information content (AvgIpc) is 2.65. The molecule has 2 aromatic rings. The van der Waals surface area contributed by atoms with E-state index in [9.17, 15) is 0 Å². The second-order valence-corrected chi connectivity index (χ2v) is 8.06. The average molecular weight is 457 g/mol. The molecule has 0 aliphatic heterocycles. The monoisotopic (exact) mass is 455 g/mol. The van der Waals surface area contributed by atoms with Crippen LogP contribution in [-0.4, -0.2) is 20.2 Å². The highest BCUT2D eigenvalue weighted by Gasteiger charge is 1.99. The molecule has 152 valence electrons. The summed E-state index contributed by atoms with van der Waals surface area (Å²) < 4.78 is 7.04. The minimum Gasteiger partial charge on any atom is -0.494 e. The number of unbranched alkanes of at least 4 members (excludes halogenated alkanes) is 9. The molecule has 2 nitrogen and oxygen atoms in total. The molecule has 0 atom stereocenters. The molecule has 0 saturated heterocycles. The van der Waals surface area contributed by atoms with Gasteiger partial charge in [-0.05, 0) is 61.5 Å². The molecule has 27 heavy (non-hydrogen) atoms. The first-order chi connectivity index (χ1) is 12.8. The van der Waals surface area contributed by atoms with Gasteiger partial charge in [-0.1, -0.05) is 79.4 Å². The van der Waals surface area contributed by atoms with Gasteiger partial charge in [0, 0.05) is 4.47 Å². The Hall–Kier alpha value is -0.770. The molecule has 0 unspecified atom stereocenters. The lowest BCUT2D eigenvalue weighted by atomic mass is 10.1. The van der Waals surface area contributed by atoms with Crippen molar-refractivity contribution in [1.82, 2.24) is 5.32 Å². The van der Waals surface area contributed by atoms with E-state index in [1.165, 1.54) is 75.1 Å². The maximum Gasteiger partial charge on any atom is 0.119 e. The lowest BCUT2D eigenvalue weighted by molar-refractivity contribution is 0.304. The normalized spacial score (nSPS) is 10.7. The van der Waals surface area contributed by atoms with Gasteiger partial charge in [0.05, 0.1) is 6.61 Å². The standard InChI is InChI=1S/C23H34BrNO.ClH/c1-25-16-10-8-6-4-2-3-5-7-9-11-17-26-23-15-13-20-18-22(24)14-12-21(20)19-23;/h12-15,18-19,25H,2-11,16-17H2,1H3;1H. The Kier molecular flexibility index (Phi) is 13.7. The molecular formula is C23H35BrClNO. The molecule has 0 bridgehead atoms. The molecule has 0 aliphatic carbocycles. The largest absolute Gasteiger partial charge is 0.494 e. The summed E-state index contributed by atoms with van der Waals surface area (Å²) in [4.78, 5) is 0. The van der Waals surface area contributed by atoms with E-state index in [-0.39, 0.29) is 12.4 Å². The smallest absolute Gasteiger partial charge is 0.119 e. The fraction of sp³-hybridized carbons (Fsp3) is 0.565. The molecular weight excluding hydrogens is 422 g/mol. The van der Waals surface area contributed by atoms with Gasteiger partial charge in [-0.15, -0.1) is 12.4 Å². The third-order valence-corrected chi connectivity index (χ3v) is 5.36. The van der Waals surface area contributed by atoms with Crippen LogP contribution in [-0.2, 0) is 0 Å². The summed E-state index contributed by atoms with van der Waals surface area (Å²) in [5.41, 5.74) is 0. The minimum absolute atomic E-state index is 0. The molecule has 4 heteroatoms. The number of rotatable bonds is 14. The van der Waals surface area contributed by atoms with Gasteiger partial charge in [0.1, 0.15) is 5.75 Å². The van der Waals surface area contributed by atoms with Gasteiger partial charge >= 0.3 is 0 Å². The quantitative estimate of drug-likeness (QED) is 0.297. The van der Waals surface area contributed by atoms with E-state index in [0.717, 1.165) is 23.2 Å². The van der Waals surface area contributed by atoms with E-state index in [1.54, 1.807) is 0 Å². The number of halogens is 2. The van der Waals surface area contributed by atoms with Crippen LogP contribution in [0.5, 0.6) is 5.75 Å². The zero-order valence-corrected chi connectivity index (χ0v) is 19.0. The van der Waals surface area contributed by atoms with Crippen LogP contribution in [0.2, 0.25) is 0 Å². The van der Waals surface area contributed by atoms with Gasteiger partial charge in [-0.25, -0.2) is 0 Å². The molecule has 0 spiro atoms. The topological polar surface area (TPSA) is 21.3 Å². The Bertz CT molecular complexity index is 635. The van der Waals surface area contributed by atoms with Crippen LogP contribution in [0.1, 0.15) is 64.2 Å². The van der Waals surface area contributed by atoms with Crippen molar-refractivity contribution in [2.75, 3.05) is 20.2 Å². The predicted molar refractivity (Wildman–Crippen MR) is 124 cm³/mol. The van der Waals surface area contributed by atoms with Crippen LogP contribution >= 0.6 is 28.3 Å². The van der Waals surface area contributed by atoms with Crippen LogP contribution in [0.4, 0.5) is 0 Å².